The van der Waals surface area contributed by atoms with Crippen LogP contribution < -0.4 is 5.32 Å². The van der Waals surface area contributed by atoms with E-state index in [1.54, 1.807) is 18.2 Å². The molecule has 0 unspecified atom stereocenters. The van der Waals surface area contributed by atoms with Gasteiger partial charge in [0.2, 0.25) is 0 Å². The summed E-state index contributed by atoms with van der Waals surface area (Å²) in [4.78, 5) is 25.5. The molecule has 2 heterocycles. The SMILES string of the molecule is O=C(O)c1ccc2c(c1)nc(NCc1ccccc1)c1nc(CC3CC3)ncc12. The van der Waals surface area contributed by atoms with Crippen LogP contribution in [0.2, 0.25) is 0 Å². The fourth-order valence-electron chi connectivity index (χ4n) is 3.54. The highest BCUT2D eigenvalue weighted by atomic mass is 16.4. The number of carbonyl (C=O) groups is 1. The smallest absolute Gasteiger partial charge is 0.335 e. The van der Waals surface area contributed by atoms with E-state index in [4.69, 9.17) is 9.97 Å². The third kappa shape index (κ3) is 3.61. The summed E-state index contributed by atoms with van der Waals surface area (Å²) in [6.45, 7) is 0.606. The number of aromatic nitrogens is 3. The molecule has 0 spiro atoms. The molecular weight excluding hydrogens is 364 g/mol. The topological polar surface area (TPSA) is 88.0 Å². The van der Waals surface area contributed by atoms with Crippen molar-refractivity contribution in [2.75, 3.05) is 5.32 Å². The number of carboxylic acid groups (broad SMARTS) is 1. The molecule has 0 bridgehead atoms. The third-order valence-electron chi connectivity index (χ3n) is 5.30. The van der Waals surface area contributed by atoms with Crippen molar-refractivity contribution in [3.8, 4) is 0 Å². The van der Waals surface area contributed by atoms with Gasteiger partial charge in [0.1, 0.15) is 11.3 Å². The Morgan fingerprint density at radius 2 is 1.90 bits per heavy atom. The average Bonchev–Trinajstić information content (AvgIpc) is 3.56. The zero-order chi connectivity index (χ0) is 19.8. The second-order valence-electron chi connectivity index (χ2n) is 7.53. The summed E-state index contributed by atoms with van der Waals surface area (Å²) in [6, 6.07) is 15.1. The monoisotopic (exact) mass is 384 g/mol. The largest absolute Gasteiger partial charge is 0.478 e. The van der Waals surface area contributed by atoms with Gasteiger partial charge in [-0.25, -0.2) is 19.7 Å². The molecule has 2 aromatic carbocycles. The molecule has 1 saturated carbocycles. The molecule has 4 aromatic rings. The van der Waals surface area contributed by atoms with Gasteiger partial charge in [-0.15, -0.1) is 0 Å². The van der Waals surface area contributed by atoms with Crippen LogP contribution in [0.5, 0.6) is 0 Å². The number of nitrogens with one attached hydrogen (secondary N) is 1. The number of carboxylic acids is 1. The lowest BCUT2D eigenvalue weighted by Crippen LogP contribution is -2.06. The van der Waals surface area contributed by atoms with Gasteiger partial charge in [-0.3, -0.25) is 0 Å². The number of hydrogen-bond donors (Lipinski definition) is 2. The van der Waals surface area contributed by atoms with Gasteiger partial charge in [0.05, 0.1) is 11.1 Å². The summed E-state index contributed by atoms with van der Waals surface area (Å²) in [5, 5.41) is 14.5. The maximum Gasteiger partial charge on any atom is 0.335 e. The molecule has 2 N–H and O–H groups in total. The minimum atomic E-state index is -0.969. The Labute approximate surface area is 167 Å². The zero-order valence-corrected chi connectivity index (χ0v) is 15.8. The summed E-state index contributed by atoms with van der Waals surface area (Å²) in [6.07, 6.45) is 5.23. The second-order valence-corrected chi connectivity index (χ2v) is 7.53. The summed E-state index contributed by atoms with van der Waals surface area (Å²) >= 11 is 0. The Morgan fingerprint density at radius 1 is 1.07 bits per heavy atom. The fourth-order valence-corrected chi connectivity index (χ4v) is 3.54. The van der Waals surface area contributed by atoms with Crippen molar-refractivity contribution in [1.29, 1.82) is 0 Å². The van der Waals surface area contributed by atoms with Gasteiger partial charge in [0.25, 0.3) is 0 Å². The first kappa shape index (κ1) is 17.6. The van der Waals surface area contributed by atoms with E-state index in [2.05, 4.69) is 10.3 Å². The average molecular weight is 384 g/mol. The van der Waals surface area contributed by atoms with E-state index in [9.17, 15) is 9.90 Å². The van der Waals surface area contributed by atoms with Crippen LogP contribution in [0, 0.1) is 5.92 Å². The number of nitrogens with zero attached hydrogens (tertiary/aromatic N) is 3. The number of benzene rings is 2. The second kappa shape index (κ2) is 7.13. The van der Waals surface area contributed by atoms with E-state index in [1.807, 2.05) is 36.5 Å². The van der Waals surface area contributed by atoms with Gasteiger partial charge in [-0.1, -0.05) is 36.4 Å². The summed E-state index contributed by atoms with van der Waals surface area (Å²) in [7, 11) is 0. The van der Waals surface area contributed by atoms with Crippen molar-refractivity contribution in [2.24, 2.45) is 5.92 Å². The molecule has 29 heavy (non-hydrogen) atoms. The van der Waals surface area contributed by atoms with Crippen LogP contribution in [-0.4, -0.2) is 26.0 Å². The predicted octanol–water partition coefficient (Wildman–Crippen LogP) is 4.44. The number of rotatable bonds is 6. The Balaban J connectivity index is 1.63. The van der Waals surface area contributed by atoms with Crippen LogP contribution in [0.15, 0.2) is 54.7 Å². The van der Waals surface area contributed by atoms with Crippen LogP contribution in [0.3, 0.4) is 0 Å². The predicted molar refractivity (Wildman–Crippen MR) is 112 cm³/mol. The highest BCUT2D eigenvalue weighted by Crippen LogP contribution is 2.33. The third-order valence-corrected chi connectivity index (χ3v) is 5.30. The van der Waals surface area contributed by atoms with Crippen LogP contribution in [0.25, 0.3) is 21.8 Å². The Kier molecular flexibility index (Phi) is 4.31. The molecule has 2 aromatic heterocycles. The van der Waals surface area contributed by atoms with Crippen molar-refractivity contribution >= 4 is 33.6 Å². The van der Waals surface area contributed by atoms with E-state index in [-0.39, 0.29) is 5.56 Å². The molecule has 0 aliphatic heterocycles. The Hall–Kier alpha value is -3.54. The summed E-state index contributed by atoms with van der Waals surface area (Å²) in [5.41, 5.74) is 2.74. The van der Waals surface area contributed by atoms with Gasteiger partial charge in [0, 0.05) is 29.9 Å². The standard InChI is InChI=1S/C23H20N4O2/c28-23(29)16-8-9-17-18-13-24-20(10-14-6-7-14)27-21(18)22(26-19(17)11-16)25-12-15-4-2-1-3-5-15/h1-5,8-9,11,13-14H,6-7,10,12H2,(H,25,26)(H,28,29). The van der Waals surface area contributed by atoms with E-state index in [1.165, 1.54) is 12.8 Å². The molecule has 1 aliphatic carbocycles. The van der Waals surface area contributed by atoms with Crippen LogP contribution >= 0.6 is 0 Å². The van der Waals surface area contributed by atoms with Crippen LogP contribution in [0.1, 0.15) is 34.6 Å². The number of anilines is 1. The summed E-state index contributed by atoms with van der Waals surface area (Å²) in [5.74, 6) is 1.22. The zero-order valence-electron chi connectivity index (χ0n) is 15.8. The van der Waals surface area contributed by atoms with E-state index < -0.39 is 5.97 Å². The molecular formula is C23H20N4O2. The van der Waals surface area contributed by atoms with Crippen molar-refractivity contribution in [3.63, 3.8) is 0 Å². The first-order valence-electron chi connectivity index (χ1n) is 9.78. The van der Waals surface area contributed by atoms with Crippen molar-refractivity contribution in [3.05, 3.63) is 71.7 Å². The minimum absolute atomic E-state index is 0.213. The first-order chi connectivity index (χ1) is 14.2. The van der Waals surface area contributed by atoms with Crippen LogP contribution in [0.4, 0.5) is 5.82 Å². The number of aromatic carboxylic acids is 1. The molecule has 144 valence electrons. The fraction of sp³-hybridized carbons (Fsp3) is 0.217. The van der Waals surface area contributed by atoms with Crippen molar-refractivity contribution < 1.29 is 9.90 Å². The normalized spacial score (nSPS) is 13.7. The van der Waals surface area contributed by atoms with Gasteiger partial charge >= 0.3 is 5.97 Å². The van der Waals surface area contributed by atoms with Gasteiger partial charge in [-0.2, -0.15) is 0 Å². The van der Waals surface area contributed by atoms with E-state index in [0.717, 1.165) is 34.1 Å². The number of pyridine rings is 1. The highest BCUT2D eigenvalue weighted by Gasteiger charge is 2.23. The van der Waals surface area contributed by atoms with E-state index >= 15 is 0 Å². The van der Waals surface area contributed by atoms with Gasteiger partial charge in [0.15, 0.2) is 5.82 Å². The van der Waals surface area contributed by atoms with Crippen molar-refractivity contribution in [2.45, 2.75) is 25.8 Å². The minimum Gasteiger partial charge on any atom is -0.478 e. The van der Waals surface area contributed by atoms with Crippen molar-refractivity contribution in [1.82, 2.24) is 15.0 Å². The molecule has 1 fully saturated rings. The molecule has 0 amide bonds. The maximum atomic E-state index is 11.4. The quantitative estimate of drug-likeness (QED) is 0.478. The van der Waals surface area contributed by atoms with Gasteiger partial charge in [-0.05, 0) is 36.5 Å². The number of fused-ring (bicyclic) bond motifs is 3. The molecule has 0 saturated heterocycles. The van der Waals surface area contributed by atoms with E-state index in [0.29, 0.717) is 23.8 Å². The molecule has 0 radical (unpaired) electrons. The van der Waals surface area contributed by atoms with Gasteiger partial charge < -0.3 is 10.4 Å². The van der Waals surface area contributed by atoms with Crippen LogP contribution in [-0.2, 0) is 13.0 Å². The Bertz CT molecular complexity index is 1220. The molecule has 5 rings (SSSR count). The molecule has 6 heteroatoms. The number of hydrogen-bond acceptors (Lipinski definition) is 5. The molecule has 0 atom stereocenters. The lowest BCUT2D eigenvalue weighted by molar-refractivity contribution is 0.0697. The Morgan fingerprint density at radius 3 is 2.66 bits per heavy atom. The first-order valence-corrected chi connectivity index (χ1v) is 9.78. The summed E-state index contributed by atoms with van der Waals surface area (Å²) < 4.78 is 0. The highest BCUT2D eigenvalue weighted by molar-refractivity contribution is 6.09. The lowest BCUT2D eigenvalue weighted by atomic mass is 10.1. The lowest BCUT2D eigenvalue weighted by Gasteiger charge is -2.12. The molecule has 1 aliphatic rings. The maximum absolute atomic E-state index is 11.4. The molecule has 6 nitrogen and oxygen atoms in total.